The summed E-state index contributed by atoms with van der Waals surface area (Å²) in [7, 11) is 0. The van der Waals surface area contributed by atoms with Gasteiger partial charge in [0, 0.05) is 42.0 Å². The van der Waals surface area contributed by atoms with E-state index >= 15 is 0 Å². The van der Waals surface area contributed by atoms with Gasteiger partial charge in [-0.15, -0.1) is 0 Å². The van der Waals surface area contributed by atoms with Gasteiger partial charge in [0.1, 0.15) is 0 Å². The third-order valence-electron chi connectivity index (χ3n) is 3.37. The van der Waals surface area contributed by atoms with Crippen molar-refractivity contribution in [2.24, 2.45) is 0 Å². The summed E-state index contributed by atoms with van der Waals surface area (Å²) in [6, 6.07) is 14.7. The quantitative estimate of drug-likeness (QED) is 0.679. The van der Waals surface area contributed by atoms with Gasteiger partial charge in [0.25, 0.3) is 0 Å². The molecule has 0 bridgehead atoms. The molecule has 3 rings (SSSR count). The summed E-state index contributed by atoms with van der Waals surface area (Å²) >= 11 is 0. The van der Waals surface area contributed by atoms with E-state index in [4.69, 9.17) is 0 Å². The minimum atomic E-state index is 0.971. The van der Waals surface area contributed by atoms with Crippen LogP contribution < -0.4 is 0 Å². The standard InChI is InChI=1S/C16H16N2/c1-13-5-4-7-16-15(13)9-12-18(16)11-8-14-6-2-3-10-17-14/h2-7,9-10,12H,8,11H2,1H3. The molecule has 0 radical (unpaired) electrons. The smallest absolute Gasteiger partial charge is 0.0483 e. The molecular formula is C16H16N2. The molecule has 3 aromatic rings. The van der Waals surface area contributed by atoms with Crippen molar-refractivity contribution in [3.05, 3.63) is 66.1 Å². The van der Waals surface area contributed by atoms with Crippen molar-refractivity contribution in [2.45, 2.75) is 19.9 Å². The van der Waals surface area contributed by atoms with Gasteiger partial charge in [-0.1, -0.05) is 18.2 Å². The van der Waals surface area contributed by atoms with E-state index < -0.39 is 0 Å². The van der Waals surface area contributed by atoms with Crippen LogP contribution in [0.3, 0.4) is 0 Å². The van der Waals surface area contributed by atoms with Crippen molar-refractivity contribution >= 4 is 10.9 Å². The van der Waals surface area contributed by atoms with Gasteiger partial charge in [0.15, 0.2) is 0 Å². The van der Waals surface area contributed by atoms with Crippen molar-refractivity contribution in [2.75, 3.05) is 0 Å². The first-order chi connectivity index (χ1) is 8.84. The molecule has 2 heterocycles. The topological polar surface area (TPSA) is 17.8 Å². The van der Waals surface area contributed by atoms with E-state index in [0.717, 1.165) is 18.7 Å². The van der Waals surface area contributed by atoms with Crippen LogP contribution in [0, 0.1) is 6.92 Å². The summed E-state index contributed by atoms with van der Waals surface area (Å²) in [5.74, 6) is 0. The predicted octanol–water partition coefficient (Wildman–Crippen LogP) is 3.59. The highest BCUT2D eigenvalue weighted by molar-refractivity contribution is 5.83. The number of aromatic nitrogens is 2. The zero-order valence-corrected chi connectivity index (χ0v) is 10.5. The second-order valence-corrected chi connectivity index (χ2v) is 4.59. The largest absolute Gasteiger partial charge is 0.347 e. The molecule has 0 amide bonds. The molecule has 0 aliphatic rings. The summed E-state index contributed by atoms with van der Waals surface area (Å²) < 4.78 is 2.30. The molecule has 0 N–H and O–H groups in total. The first kappa shape index (κ1) is 11.0. The molecule has 2 aromatic heterocycles. The lowest BCUT2D eigenvalue weighted by atomic mass is 10.1. The van der Waals surface area contributed by atoms with Crippen LogP contribution in [0.15, 0.2) is 54.9 Å². The fourth-order valence-corrected chi connectivity index (χ4v) is 2.35. The fourth-order valence-electron chi connectivity index (χ4n) is 2.35. The lowest BCUT2D eigenvalue weighted by molar-refractivity contribution is 0.710. The minimum Gasteiger partial charge on any atom is -0.347 e. The number of hydrogen-bond acceptors (Lipinski definition) is 1. The Labute approximate surface area is 107 Å². The molecule has 0 spiro atoms. The highest BCUT2D eigenvalue weighted by Gasteiger charge is 2.03. The molecule has 0 atom stereocenters. The lowest BCUT2D eigenvalue weighted by Crippen LogP contribution is -2.00. The molecule has 2 heteroatoms. The van der Waals surface area contributed by atoms with E-state index in [9.17, 15) is 0 Å². The van der Waals surface area contributed by atoms with Crippen molar-refractivity contribution in [1.29, 1.82) is 0 Å². The van der Waals surface area contributed by atoms with Crippen molar-refractivity contribution in [3.63, 3.8) is 0 Å². The SMILES string of the molecule is Cc1cccc2c1ccn2CCc1ccccn1. The Bertz CT molecular complexity index is 653. The minimum absolute atomic E-state index is 0.971. The molecule has 90 valence electrons. The van der Waals surface area contributed by atoms with Crippen molar-refractivity contribution < 1.29 is 0 Å². The van der Waals surface area contributed by atoms with Gasteiger partial charge in [0.2, 0.25) is 0 Å². The maximum absolute atomic E-state index is 4.36. The van der Waals surface area contributed by atoms with E-state index in [1.807, 2.05) is 18.3 Å². The number of pyridine rings is 1. The fraction of sp³-hybridized carbons (Fsp3) is 0.188. The Morgan fingerprint density at radius 3 is 2.83 bits per heavy atom. The zero-order valence-electron chi connectivity index (χ0n) is 10.5. The van der Waals surface area contributed by atoms with Gasteiger partial charge in [-0.3, -0.25) is 4.98 Å². The Morgan fingerprint density at radius 1 is 1.06 bits per heavy atom. The molecule has 0 aliphatic heterocycles. The maximum atomic E-state index is 4.36. The van der Waals surface area contributed by atoms with Gasteiger partial charge >= 0.3 is 0 Å². The van der Waals surface area contributed by atoms with Gasteiger partial charge in [-0.05, 0) is 36.8 Å². The van der Waals surface area contributed by atoms with Gasteiger partial charge in [-0.2, -0.15) is 0 Å². The summed E-state index contributed by atoms with van der Waals surface area (Å²) in [6.07, 6.45) is 4.99. The third-order valence-corrected chi connectivity index (χ3v) is 3.37. The Hall–Kier alpha value is -2.09. The van der Waals surface area contributed by atoms with Gasteiger partial charge in [-0.25, -0.2) is 0 Å². The molecule has 18 heavy (non-hydrogen) atoms. The summed E-state index contributed by atoms with van der Waals surface area (Å²) in [5.41, 5.74) is 3.79. The van der Waals surface area contributed by atoms with Crippen LogP contribution in [0.2, 0.25) is 0 Å². The second kappa shape index (κ2) is 4.65. The van der Waals surface area contributed by atoms with Crippen LogP contribution in [0.5, 0.6) is 0 Å². The van der Waals surface area contributed by atoms with Gasteiger partial charge < -0.3 is 4.57 Å². The van der Waals surface area contributed by atoms with Crippen LogP contribution in [0.4, 0.5) is 0 Å². The normalized spacial score (nSPS) is 10.9. The number of benzene rings is 1. The van der Waals surface area contributed by atoms with E-state index in [0.29, 0.717) is 0 Å². The summed E-state index contributed by atoms with van der Waals surface area (Å²) in [6.45, 7) is 3.13. The lowest BCUT2D eigenvalue weighted by Gasteiger charge is -2.05. The molecule has 1 aromatic carbocycles. The molecule has 0 saturated heterocycles. The average molecular weight is 236 g/mol. The Morgan fingerprint density at radius 2 is 2.00 bits per heavy atom. The van der Waals surface area contributed by atoms with E-state index in [1.54, 1.807) is 0 Å². The third kappa shape index (κ3) is 2.02. The van der Waals surface area contributed by atoms with E-state index in [1.165, 1.54) is 16.5 Å². The Balaban J connectivity index is 1.85. The number of nitrogens with zero attached hydrogens (tertiary/aromatic N) is 2. The highest BCUT2D eigenvalue weighted by Crippen LogP contribution is 2.19. The second-order valence-electron chi connectivity index (χ2n) is 4.59. The van der Waals surface area contributed by atoms with Crippen LogP contribution in [0.25, 0.3) is 10.9 Å². The summed E-state index contributed by atoms with van der Waals surface area (Å²) in [5, 5.41) is 1.35. The molecule has 0 fully saturated rings. The van der Waals surface area contributed by atoms with Crippen LogP contribution in [-0.4, -0.2) is 9.55 Å². The van der Waals surface area contributed by atoms with Gasteiger partial charge in [0.05, 0.1) is 0 Å². The number of fused-ring (bicyclic) bond motifs is 1. The first-order valence-electron chi connectivity index (χ1n) is 6.29. The first-order valence-corrected chi connectivity index (χ1v) is 6.29. The number of rotatable bonds is 3. The number of hydrogen-bond donors (Lipinski definition) is 0. The average Bonchev–Trinajstić information content (AvgIpc) is 2.82. The van der Waals surface area contributed by atoms with E-state index in [2.05, 4.69) is 53.0 Å². The monoisotopic (exact) mass is 236 g/mol. The molecule has 0 saturated carbocycles. The van der Waals surface area contributed by atoms with Crippen molar-refractivity contribution in [3.8, 4) is 0 Å². The van der Waals surface area contributed by atoms with Crippen LogP contribution in [-0.2, 0) is 13.0 Å². The highest BCUT2D eigenvalue weighted by atomic mass is 15.0. The summed E-state index contributed by atoms with van der Waals surface area (Å²) in [4.78, 5) is 4.36. The van der Waals surface area contributed by atoms with E-state index in [-0.39, 0.29) is 0 Å². The van der Waals surface area contributed by atoms with Crippen LogP contribution in [0.1, 0.15) is 11.3 Å². The molecule has 0 aliphatic carbocycles. The molecular weight excluding hydrogens is 220 g/mol. The molecule has 0 unspecified atom stereocenters. The predicted molar refractivity (Wildman–Crippen MR) is 74.6 cm³/mol. The number of aryl methyl sites for hydroxylation is 3. The molecule has 2 nitrogen and oxygen atoms in total. The maximum Gasteiger partial charge on any atom is 0.0483 e. The van der Waals surface area contributed by atoms with Crippen LogP contribution >= 0.6 is 0 Å². The van der Waals surface area contributed by atoms with Crippen molar-refractivity contribution in [1.82, 2.24) is 9.55 Å². The Kier molecular flexibility index (Phi) is 2.85. The zero-order chi connectivity index (χ0) is 12.4.